The van der Waals surface area contributed by atoms with Crippen molar-refractivity contribution >= 4 is 17.5 Å². The number of carbonyl (C=O) groups is 1. The van der Waals surface area contributed by atoms with E-state index in [1.54, 1.807) is 6.26 Å². The van der Waals surface area contributed by atoms with Crippen LogP contribution in [0.4, 0.5) is 0 Å². The van der Waals surface area contributed by atoms with Gasteiger partial charge in [-0.3, -0.25) is 4.79 Å². The zero-order valence-corrected chi connectivity index (χ0v) is 14.7. The standard InChI is InChI=1S/C18H19N3O2S/c1-4-13-7-9-14(10-8-13)16(22)12(2)24-18-20-19-17(21(18)3)15-6-5-11-23-15/h5-12H,4H2,1-3H3. The third-order valence-electron chi connectivity index (χ3n) is 3.87. The molecule has 0 fully saturated rings. The van der Waals surface area contributed by atoms with Gasteiger partial charge in [-0.1, -0.05) is 43.0 Å². The van der Waals surface area contributed by atoms with E-state index in [1.807, 2.05) is 54.9 Å². The Morgan fingerprint density at radius 2 is 2.00 bits per heavy atom. The lowest BCUT2D eigenvalue weighted by atomic mass is 10.1. The van der Waals surface area contributed by atoms with Crippen LogP contribution < -0.4 is 0 Å². The van der Waals surface area contributed by atoms with Crippen molar-refractivity contribution in [1.29, 1.82) is 0 Å². The highest BCUT2D eigenvalue weighted by molar-refractivity contribution is 8.00. The maximum absolute atomic E-state index is 12.6. The molecule has 0 spiro atoms. The maximum atomic E-state index is 12.6. The summed E-state index contributed by atoms with van der Waals surface area (Å²) in [4.78, 5) is 12.6. The van der Waals surface area contributed by atoms with Gasteiger partial charge in [0.25, 0.3) is 0 Å². The van der Waals surface area contributed by atoms with Gasteiger partial charge in [0.1, 0.15) is 0 Å². The second-order valence-corrected chi connectivity index (χ2v) is 6.83. The molecule has 1 unspecified atom stereocenters. The van der Waals surface area contributed by atoms with Gasteiger partial charge >= 0.3 is 0 Å². The Kier molecular flexibility index (Phi) is 4.85. The van der Waals surface area contributed by atoms with Gasteiger partial charge < -0.3 is 8.98 Å². The number of hydrogen-bond acceptors (Lipinski definition) is 5. The first-order valence-electron chi connectivity index (χ1n) is 7.83. The average molecular weight is 341 g/mol. The van der Waals surface area contributed by atoms with Gasteiger partial charge in [0.05, 0.1) is 11.5 Å². The van der Waals surface area contributed by atoms with Gasteiger partial charge in [-0.2, -0.15) is 0 Å². The summed E-state index contributed by atoms with van der Waals surface area (Å²) in [5.74, 6) is 1.39. The van der Waals surface area contributed by atoms with Crippen molar-refractivity contribution < 1.29 is 9.21 Å². The molecule has 5 nitrogen and oxygen atoms in total. The minimum atomic E-state index is -0.246. The number of aryl methyl sites for hydroxylation is 1. The van der Waals surface area contributed by atoms with E-state index in [0.717, 1.165) is 12.0 Å². The molecule has 6 heteroatoms. The Balaban J connectivity index is 1.74. The zero-order valence-electron chi connectivity index (χ0n) is 13.9. The lowest BCUT2D eigenvalue weighted by molar-refractivity contribution is 0.0994. The van der Waals surface area contributed by atoms with E-state index in [2.05, 4.69) is 17.1 Å². The molecule has 0 aliphatic heterocycles. The summed E-state index contributed by atoms with van der Waals surface area (Å²) in [5.41, 5.74) is 1.95. The van der Waals surface area contributed by atoms with Crippen LogP contribution in [0.2, 0.25) is 0 Å². The fourth-order valence-corrected chi connectivity index (χ4v) is 3.28. The lowest BCUT2D eigenvalue weighted by Crippen LogP contribution is -2.14. The van der Waals surface area contributed by atoms with Gasteiger partial charge in [0, 0.05) is 12.6 Å². The third kappa shape index (κ3) is 3.28. The van der Waals surface area contributed by atoms with E-state index in [4.69, 9.17) is 4.42 Å². The van der Waals surface area contributed by atoms with E-state index in [0.29, 0.717) is 16.7 Å². The molecule has 124 valence electrons. The van der Waals surface area contributed by atoms with E-state index in [-0.39, 0.29) is 11.0 Å². The second-order valence-electron chi connectivity index (χ2n) is 5.52. The average Bonchev–Trinajstić information content (AvgIpc) is 3.25. The van der Waals surface area contributed by atoms with Crippen LogP contribution in [0.25, 0.3) is 11.6 Å². The molecule has 1 aromatic carbocycles. The Bertz CT molecular complexity index is 823. The molecular formula is C18H19N3O2S. The van der Waals surface area contributed by atoms with Gasteiger partial charge in [-0.15, -0.1) is 10.2 Å². The van der Waals surface area contributed by atoms with Crippen molar-refractivity contribution in [3.63, 3.8) is 0 Å². The SMILES string of the molecule is CCc1ccc(C(=O)C(C)Sc2nnc(-c3ccco3)n2C)cc1. The lowest BCUT2D eigenvalue weighted by Gasteiger charge is -2.10. The monoisotopic (exact) mass is 341 g/mol. The first-order chi connectivity index (χ1) is 11.6. The van der Waals surface area contributed by atoms with E-state index in [1.165, 1.54) is 17.3 Å². The zero-order chi connectivity index (χ0) is 17.1. The highest BCUT2D eigenvalue weighted by Crippen LogP contribution is 2.27. The third-order valence-corrected chi connectivity index (χ3v) is 5.01. The molecule has 0 saturated carbocycles. The fourth-order valence-electron chi connectivity index (χ4n) is 2.39. The van der Waals surface area contributed by atoms with E-state index >= 15 is 0 Å². The smallest absolute Gasteiger partial charge is 0.200 e. The van der Waals surface area contributed by atoms with Crippen LogP contribution in [-0.4, -0.2) is 25.8 Å². The van der Waals surface area contributed by atoms with Crippen LogP contribution in [0, 0.1) is 0 Å². The summed E-state index contributed by atoms with van der Waals surface area (Å²) in [6.07, 6.45) is 2.57. The molecule has 3 rings (SSSR count). The summed E-state index contributed by atoms with van der Waals surface area (Å²) >= 11 is 1.40. The molecule has 0 N–H and O–H groups in total. The molecule has 2 heterocycles. The largest absolute Gasteiger partial charge is 0.461 e. The molecule has 0 bridgehead atoms. The molecule has 0 aliphatic carbocycles. The number of benzene rings is 1. The summed E-state index contributed by atoms with van der Waals surface area (Å²) in [6.45, 7) is 3.99. The maximum Gasteiger partial charge on any atom is 0.200 e. The normalized spacial score (nSPS) is 12.3. The second kappa shape index (κ2) is 7.05. The predicted octanol–water partition coefficient (Wildman–Crippen LogP) is 4.00. The van der Waals surface area contributed by atoms with Crippen LogP contribution in [0.3, 0.4) is 0 Å². The fraction of sp³-hybridized carbons (Fsp3) is 0.278. The van der Waals surface area contributed by atoms with E-state index < -0.39 is 0 Å². The molecule has 1 atom stereocenters. The number of furan rings is 1. The van der Waals surface area contributed by atoms with Crippen LogP contribution in [-0.2, 0) is 13.5 Å². The molecule has 3 aromatic rings. The van der Waals surface area contributed by atoms with Crippen LogP contribution >= 0.6 is 11.8 Å². The molecule has 0 amide bonds. The summed E-state index contributed by atoms with van der Waals surface area (Å²) < 4.78 is 7.20. The van der Waals surface area contributed by atoms with Gasteiger partial charge in [-0.05, 0) is 31.0 Å². The van der Waals surface area contributed by atoms with Gasteiger partial charge in [-0.25, -0.2) is 0 Å². The Labute approximate surface area is 145 Å². The van der Waals surface area contributed by atoms with Crippen molar-refractivity contribution in [3.8, 4) is 11.6 Å². The van der Waals surface area contributed by atoms with Crippen LogP contribution in [0.5, 0.6) is 0 Å². The van der Waals surface area contributed by atoms with Crippen LogP contribution in [0.15, 0.2) is 52.2 Å². The molecule has 2 aromatic heterocycles. The first-order valence-corrected chi connectivity index (χ1v) is 8.71. The Morgan fingerprint density at radius 1 is 1.25 bits per heavy atom. The number of hydrogen-bond donors (Lipinski definition) is 0. The minimum absolute atomic E-state index is 0.0881. The van der Waals surface area contributed by atoms with E-state index in [9.17, 15) is 4.79 Å². The highest BCUT2D eigenvalue weighted by Gasteiger charge is 2.21. The number of nitrogens with zero attached hydrogens (tertiary/aromatic N) is 3. The van der Waals surface area contributed by atoms with Crippen molar-refractivity contribution in [3.05, 3.63) is 53.8 Å². The number of aromatic nitrogens is 3. The van der Waals surface area contributed by atoms with Crippen molar-refractivity contribution in [2.45, 2.75) is 30.7 Å². The summed E-state index contributed by atoms with van der Waals surface area (Å²) in [7, 11) is 1.87. The number of ketones is 1. The molecular weight excluding hydrogens is 322 g/mol. The predicted molar refractivity (Wildman–Crippen MR) is 94.2 cm³/mol. The first kappa shape index (κ1) is 16.5. The molecule has 0 aliphatic rings. The number of rotatable bonds is 6. The summed E-state index contributed by atoms with van der Waals surface area (Å²) in [5, 5.41) is 8.77. The highest BCUT2D eigenvalue weighted by atomic mass is 32.2. The number of carbonyl (C=O) groups excluding carboxylic acids is 1. The molecule has 24 heavy (non-hydrogen) atoms. The molecule has 0 radical (unpaired) electrons. The minimum Gasteiger partial charge on any atom is -0.461 e. The van der Waals surface area contributed by atoms with Crippen LogP contribution in [0.1, 0.15) is 29.8 Å². The quantitative estimate of drug-likeness (QED) is 0.501. The van der Waals surface area contributed by atoms with Gasteiger partial charge in [0.15, 0.2) is 22.5 Å². The number of thioether (sulfide) groups is 1. The van der Waals surface area contributed by atoms with Gasteiger partial charge in [0.2, 0.25) is 0 Å². The van der Waals surface area contributed by atoms with Crippen molar-refractivity contribution in [2.24, 2.45) is 7.05 Å². The van der Waals surface area contributed by atoms with Crippen molar-refractivity contribution in [1.82, 2.24) is 14.8 Å². The Morgan fingerprint density at radius 3 is 2.62 bits per heavy atom. The topological polar surface area (TPSA) is 60.9 Å². The molecule has 0 saturated heterocycles. The number of Topliss-reactive ketones (excluding diaryl/α,β-unsaturated/α-hetero) is 1. The Hall–Kier alpha value is -2.34. The summed E-state index contributed by atoms with van der Waals surface area (Å²) in [6, 6.07) is 11.4. The van der Waals surface area contributed by atoms with Crippen molar-refractivity contribution in [2.75, 3.05) is 0 Å².